The van der Waals surface area contributed by atoms with Gasteiger partial charge in [-0.3, -0.25) is 9.69 Å². The summed E-state index contributed by atoms with van der Waals surface area (Å²) in [4.78, 5) is 16.6. The molecule has 5 heteroatoms. The number of aryl methyl sites for hydroxylation is 1. The van der Waals surface area contributed by atoms with Crippen molar-refractivity contribution < 1.29 is 13.9 Å². The van der Waals surface area contributed by atoms with Gasteiger partial charge in [-0.2, -0.15) is 0 Å². The molecule has 1 amide bonds. The summed E-state index contributed by atoms with van der Waals surface area (Å²) in [6.45, 7) is 4.73. The van der Waals surface area contributed by atoms with Crippen LogP contribution in [0.3, 0.4) is 0 Å². The number of amides is 1. The number of benzene rings is 2. The van der Waals surface area contributed by atoms with Gasteiger partial charge < -0.3 is 9.64 Å². The molecule has 4 nitrogen and oxygen atoms in total. The van der Waals surface area contributed by atoms with Crippen LogP contribution in [0.15, 0.2) is 54.6 Å². The Labute approximate surface area is 160 Å². The lowest BCUT2D eigenvalue weighted by Crippen LogP contribution is -2.49. The number of nitrogens with zero attached hydrogens (tertiary/aromatic N) is 2. The third-order valence-electron chi connectivity index (χ3n) is 4.88. The Morgan fingerprint density at radius 2 is 1.78 bits per heavy atom. The predicted molar refractivity (Wildman–Crippen MR) is 104 cm³/mol. The highest BCUT2D eigenvalue weighted by molar-refractivity contribution is 5.76. The van der Waals surface area contributed by atoms with E-state index in [-0.39, 0.29) is 11.7 Å². The fourth-order valence-electron chi connectivity index (χ4n) is 3.35. The zero-order valence-corrected chi connectivity index (χ0v) is 15.6. The van der Waals surface area contributed by atoms with E-state index < -0.39 is 0 Å². The number of carbonyl (C=O) groups excluding carboxylic acids is 1. The standard InChI is InChI=1S/C22H27FN2O2/c23-20-8-4-6-19(18-20)7-5-12-24-13-15-25(16-14-24)22(26)11-17-27-21-9-2-1-3-10-21/h1-4,6,8-10,18H,5,7,11-17H2. The van der Waals surface area contributed by atoms with Crippen LogP contribution in [0.2, 0.25) is 0 Å². The van der Waals surface area contributed by atoms with Crippen LogP contribution in [0.4, 0.5) is 4.39 Å². The Bertz CT molecular complexity index is 715. The summed E-state index contributed by atoms with van der Waals surface area (Å²) in [5.74, 6) is 0.787. The van der Waals surface area contributed by atoms with Crippen LogP contribution in [-0.4, -0.2) is 55.0 Å². The molecule has 144 valence electrons. The second kappa shape index (κ2) is 10.1. The molecule has 0 unspecified atom stereocenters. The van der Waals surface area contributed by atoms with Crippen molar-refractivity contribution in [3.05, 3.63) is 66.0 Å². The Kier molecular flexibility index (Phi) is 7.22. The molecule has 0 atom stereocenters. The van der Waals surface area contributed by atoms with Crippen molar-refractivity contribution in [2.75, 3.05) is 39.3 Å². The van der Waals surface area contributed by atoms with Gasteiger partial charge in [0.15, 0.2) is 0 Å². The van der Waals surface area contributed by atoms with Gasteiger partial charge in [-0.15, -0.1) is 0 Å². The number of halogens is 1. The summed E-state index contributed by atoms with van der Waals surface area (Å²) >= 11 is 0. The van der Waals surface area contributed by atoms with E-state index in [4.69, 9.17) is 4.74 Å². The minimum absolute atomic E-state index is 0.158. The van der Waals surface area contributed by atoms with Gasteiger partial charge in [0.2, 0.25) is 5.91 Å². The highest BCUT2D eigenvalue weighted by atomic mass is 19.1. The molecule has 1 aliphatic rings. The first-order valence-electron chi connectivity index (χ1n) is 9.63. The van der Waals surface area contributed by atoms with Crippen molar-refractivity contribution in [3.63, 3.8) is 0 Å². The van der Waals surface area contributed by atoms with Gasteiger partial charge in [0.1, 0.15) is 11.6 Å². The third kappa shape index (κ3) is 6.36. The maximum absolute atomic E-state index is 13.2. The largest absolute Gasteiger partial charge is 0.493 e. The molecule has 0 N–H and O–H groups in total. The lowest BCUT2D eigenvalue weighted by atomic mass is 10.1. The molecule has 3 rings (SSSR count). The number of para-hydroxylation sites is 1. The molecule has 2 aromatic carbocycles. The van der Waals surface area contributed by atoms with Crippen LogP contribution in [-0.2, 0) is 11.2 Å². The van der Waals surface area contributed by atoms with Crippen LogP contribution < -0.4 is 4.74 Å². The SMILES string of the molecule is O=C(CCOc1ccccc1)N1CCN(CCCc2cccc(F)c2)CC1. The highest BCUT2D eigenvalue weighted by Gasteiger charge is 2.20. The Balaban J connectivity index is 1.30. The minimum atomic E-state index is -0.170. The maximum atomic E-state index is 13.2. The molecular weight excluding hydrogens is 343 g/mol. The van der Waals surface area contributed by atoms with Crippen LogP contribution in [0.1, 0.15) is 18.4 Å². The molecule has 0 radical (unpaired) electrons. The van der Waals surface area contributed by atoms with E-state index in [9.17, 15) is 9.18 Å². The summed E-state index contributed by atoms with van der Waals surface area (Å²) < 4.78 is 18.8. The number of ether oxygens (including phenoxy) is 1. The molecule has 0 aromatic heterocycles. The number of piperazine rings is 1. The Morgan fingerprint density at radius 1 is 1.00 bits per heavy atom. The molecule has 27 heavy (non-hydrogen) atoms. The molecule has 0 spiro atoms. The van der Waals surface area contributed by atoms with Crippen LogP contribution in [0.25, 0.3) is 0 Å². The molecule has 0 aliphatic carbocycles. The first-order valence-corrected chi connectivity index (χ1v) is 9.63. The Hall–Kier alpha value is -2.40. The Morgan fingerprint density at radius 3 is 2.52 bits per heavy atom. The van der Waals surface area contributed by atoms with Gasteiger partial charge in [0, 0.05) is 26.2 Å². The summed E-state index contributed by atoms with van der Waals surface area (Å²) in [5, 5.41) is 0. The lowest BCUT2D eigenvalue weighted by Gasteiger charge is -2.34. The molecular formula is C22H27FN2O2. The molecule has 0 saturated carbocycles. The topological polar surface area (TPSA) is 32.8 Å². The van der Waals surface area contributed by atoms with Crippen LogP contribution >= 0.6 is 0 Å². The second-order valence-electron chi connectivity index (χ2n) is 6.87. The van der Waals surface area contributed by atoms with Crippen LogP contribution in [0, 0.1) is 5.82 Å². The summed E-state index contributed by atoms with van der Waals surface area (Å²) in [6, 6.07) is 16.4. The van der Waals surface area contributed by atoms with Crippen molar-refractivity contribution in [2.24, 2.45) is 0 Å². The summed E-state index contributed by atoms with van der Waals surface area (Å²) in [7, 11) is 0. The third-order valence-corrected chi connectivity index (χ3v) is 4.88. The number of rotatable bonds is 8. The summed E-state index contributed by atoms with van der Waals surface area (Å²) in [5.41, 5.74) is 1.04. The van der Waals surface area contributed by atoms with Crippen molar-refractivity contribution in [3.8, 4) is 5.75 Å². The second-order valence-corrected chi connectivity index (χ2v) is 6.87. The van der Waals surface area contributed by atoms with E-state index in [0.29, 0.717) is 13.0 Å². The quantitative estimate of drug-likeness (QED) is 0.714. The average molecular weight is 370 g/mol. The fourth-order valence-corrected chi connectivity index (χ4v) is 3.35. The molecule has 1 fully saturated rings. The molecule has 2 aromatic rings. The average Bonchev–Trinajstić information content (AvgIpc) is 2.69. The van der Waals surface area contributed by atoms with Gasteiger partial charge in [0.05, 0.1) is 13.0 Å². The van der Waals surface area contributed by atoms with E-state index in [1.54, 1.807) is 12.1 Å². The van der Waals surface area contributed by atoms with Crippen molar-refractivity contribution in [2.45, 2.75) is 19.3 Å². The van der Waals surface area contributed by atoms with E-state index in [1.165, 1.54) is 6.07 Å². The number of hydrogen-bond donors (Lipinski definition) is 0. The molecule has 1 heterocycles. The van der Waals surface area contributed by atoms with Crippen LogP contribution in [0.5, 0.6) is 5.75 Å². The van der Waals surface area contributed by atoms with Gasteiger partial charge in [-0.1, -0.05) is 30.3 Å². The van der Waals surface area contributed by atoms with E-state index in [0.717, 1.165) is 56.9 Å². The highest BCUT2D eigenvalue weighted by Crippen LogP contribution is 2.11. The predicted octanol–water partition coefficient (Wildman–Crippen LogP) is 3.37. The molecule has 1 saturated heterocycles. The van der Waals surface area contributed by atoms with Crippen molar-refractivity contribution >= 4 is 5.91 Å². The fraction of sp³-hybridized carbons (Fsp3) is 0.409. The van der Waals surface area contributed by atoms with Gasteiger partial charge >= 0.3 is 0 Å². The van der Waals surface area contributed by atoms with Crippen molar-refractivity contribution in [1.29, 1.82) is 0 Å². The number of carbonyl (C=O) groups is 1. The van der Waals surface area contributed by atoms with E-state index >= 15 is 0 Å². The zero-order valence-electron chi connectivity index (χ0n) is 15.6. The summed E-state index contributed by atoms with van der Waals surface area (Å²) in [6.07, 6.45) is 2.30. The van der Waals surface area contributed by atoms with E-state index in [1.807, 2.05) is 41.3 Å². The monoisotopic (exact) mass is 370 g/mol. The lowest BCUT2D eigenvalue weighted by molar-refractivity contribution is -0.133. The van der Waals surface area contributed by atoms with Gasteiger partial charge in [0.25, 0.3) is 0 Å². The molecule has 1 aliphatic heterocycles. The first kappa shape index (κ1) is 19.4. The maximum Gasteiger partial charge on any atom is 0.226 e. The van der Waals surface area contributed by atoms with Gasteiger partial charge in [-0.05, 0) is 49.2 Å². The molecule has 0 bridgehead atoms. The van der Waals surface area contributed by atoms with Crippen molar-refractivity contribution in [1.82, 2.24) is 9.80 Å². The minimum Gasteiger partial charge on any atom is -0.493 e. The first-order chi connectivity index (χ1) is 13.2. The zero-order chi connectivity index (χ0) is 18.9. The van der Waals surface area contributed by atoms with E-state index in [2.05, 4.69) is 4.90 Å². The number of hydrogen-bond acceptors (Lipinski definition) is 3. The van der Waals surface area contributed by atoms with Gasteiger partial charge in [-0.25, -0.2) is 4.39 Å². The normalized spacial score (nSPS) is 14.9. The smallest absolute Gasteiger partial charge is 0.226 e.